The highest BCUT2D eigenvalue weighted by molar-refractivity contribution is 7.10. The van der Waals surface area contributed by atoms with E-state index in [4.69, 9.17) is 11.6 Å². The molecule has 1 aromatic carbocycles. The normalized spacial score (nSPS) is 17.2. The first kappa shape index (κ1) is 14.9. The van der Waals surface area contributed by atoms with E-state index in [9.17, 15) is 0 Å². The second-order valence-electron chi connectivity index (χ2n) is 5.47. The summed E-state index contributed by atoms with van der Waals surface area (Å²) < 4.78 is 4.61. The lowest BCUT2D eigenvalue weighted by molar-refractivity contribution is 0.121. The van der Waals surface area contributed by atoms with Crippen molar-refractivity contribution in [2.45, 2.75) is 20.0 Å². The molecule has 1 saturated heterocycles. The van der Waals surface area contributed by atoms with Crippen molar-refractivity contribution in [2.24, 2.45) is 0 Å². The molecule has 0 bridgehead atoms. The number of aromatic nitrogens is 2. The van der Waals surface area contributed by atoms with Crippen molar-refractivity contribution < 1.29 is 0 Å². The molecule has 0 aliphatic carbocycles. The predicted octanol–water partition coefficient (Wildman–Crippen LogP) is 2.82. The van der Waals surface area contributed by atoms with E-state index in [-0.39, 0.29) is 0 Å². The molecule has 1 aliphatic heterocycles. The van der Waals surface area contributed by atoms with E-state index in [0.29, 0.717) is 0 Å². The maximum Gasteiger partial charge on any atom is 0.138 e. The number of piperazine rings is 1. The van der Waals surface area contributed by atoms with Gasteiger partial charge in [0, 0.05) is 50.8 Å². The van der Waals surface area contributed by atoms with Crippen LogP contribution in [0.1, 0.15) is 16.8 Å². The number of hydrogen-bond acceptors (Lipinski definition) is 5. The van der Waals surface area contributed by atoms with E-state index in [1.165, 1.54) is 22.7 Å². The highest BCUT2D eigenvalue weighted by atomic mass is 35.5. The van der Waals surface area contributed by atoms with Crippen LogP contribution in [0.25, 0.3) is 0 Å². The molecule has 0 spiro atoms. The molecule has 6 heteroatoms. The van der Waals surface area contributed by atoms with Crippen molar-refractivity contribution in [1.29, 1.82) is 0 Å². The van der Waals surface area contributed by atoms with Gasteiger partial charge in [-0.3, -0.25) is 9.80 Å². The molecule has 0 atom stereocenters. The van der Waals surface area contributed by atoms with E-state index >= 15 is 0 Å². The quantitative estimate of drug-likeness (QED) is 0.866. The largest absolute Gasteiger partial charge is 0.297 e. The summed E-state index contributed by atoms with van der Waals surface area (Å²) in [4.78, 5) is 4.91. The summed E-state index contributed by atoms with van der Waals surface area (Å²) in [6.45, 7) is 8.32. The van der Waals surface area contributed by atoms with Crippen LogP contribution in [0.5, 0.6) is 0 Å². The first-order chi connectivity index (χ1) is 10.2. The van der Waals surface area contributed by atoms with Crippen LogP contribution < -0.4 is 0 Å². The summed E-state index contributed by atoms with van der Waals surface area (Å²) in [5.74, 6) is 0. The van der Waals surface area contributed by atoms with Gasteiger partial charge in [-0.2, -0.15) is 0 Å². The minimum absolute atomic E-state index is 0.720. The Morgan fingerprint density at radius 1 is 1.10 bits per heavy atom. The molecule has 0 radical (unpaired) electrons. The Bertz CT molecular complexity index is 593. The highest BCUT2D eigenvalue weighted by Gasteiger charge is 2.19. The fraction of sp³-hybridized carbons (Fsp3) is 0.467. The molecule has 2 aromatic rings. The SMILES string of the molecule is Cc1ccccc1CN1CCN(Cc2nnsc2Cl)CC1. The van der Waals surface area contributed by atoms with Gasteiger partial charge in [-0.25, -0.2) is 0 Å². The second-order valence-corrected chi connectivity index (χ2v) is 6.83. The van der Waals surface area contributed by atoms with Crippen LogP contribution in [0, 0.1) is 6.92 Å². The summed E-state index contributed by atoms with van der Waals surface area (Å²) in [6, 6.07) is 8.63. The number of benzene rings is 1. The number of hydrogen-bond donors (Lipinski definition) is 0. The summed E-state index contributed by atoms with van der Waals surface area (Å²) in [7, 11) is 0. The Balaban J connectivity index is 1.51. The third-order valence-corrected chi connectivity index (χ3v) is 4.99. The highest BCUT2D eigenvalue weighted by Crippen LogP contribution is 2.20. The summed E-state index contributed by atoms with van der Waals surface area (Å²) in [5, 5.41) is 4.09. The fourth-order valence-electron chi connectivity index (χ4n) is 2.64. The molecule has 1 aliphatic rings. The number of nitrogens with zero attached hydrogens (tertiary/aromatic N) is 4. The minimum atomic E-state index is 0.720. The van der Waals surface area contributed by atoms with Crippen LogP contribution in [0.15, 0.2) is 24.3 Å². The van der Waals surface area contributed by atoms with Crippen LogP contribution >= 0.6 is 23.1 Å². The summed E-state index contributed by atoms with van der Waals surface area (Å²) >= 11 is 7.33. The van der Waals surface area contributed by atoms with Gasteiger partial charge < -0.3 is 0 Å². The standard InChI is InChI=1S/C15H19ClN4S/c1-12-4-2-3-5-13(12)10-19-6-8-20(9-7-19)11-14-15(16)21-18-17-14/h2-5H,6-11H2,1H3. The minimum Gasteiger partial charge on any atom is -0.297 e. The molecule has 1 aromatic heterocycles. The first-order valence-corrected chi connectivity index (χ1v) is 8.33. The van der Waals surface area contributed by atoms with Crippen molar-refractivity contribution in [2.75, 3.05) is 26.2 Å². The van der Waals surface area contributed by atoms with Crippen molar-refractivity contribution in [3.63, 3.8) is 0 Å². The monoisotopic (exact) mass is 322 g/mol. The van der Waals surface area contributed by atoms with E-state index in [1.807, 2.05) is 0 Å². The number of halogens is 1. The van der Waals surface area contributed by atoms with Gasteiger partial charge in [0.2, 0.25) is 0 Å². The number of rotatable bonds is 4. The lowest BCUT2D eigenvalue weighted by Crippen LogP contribution is -2.45. The molecular formula is C15H19ClN4S. The molecular weight excluding hydrogens is 304 g/mol. The zero-order valence-corrected chi connectivity index (χ0v) is 13.7. The van der Waals surface area contributed by atoms with Gasteiger partial charge in [0.15, 0.2) is 0 Å². The van der Waals surface area contributed by atoms with Crippen LogP contribution in [-0.2, 0) is 13.1 Å². The third-order valence-electron chi connectivity index (χ3n) is 4.00. The summed E-state index contributed by atoms with van der Waals surface area (Å²) in [6.07, 6.45) is 0. The van der Waals surface area contributed by atoms with Crippen LogP contribution in [-0.4, -0.2) is 45.6 Å². The van der Waals surface area contributed by atoms with Gasteiger partial charge in [0.1, 0.15) is 10.0 Å². The lowest BCUT2D eigenvalue weighted by Gasteiger charge is -2.34. The van der Waals surface area contributed by atoms with E-state index in [2.05, 4.69) is 50.6 Å². The average Bonchev–Trinajstić information content (AvgIpc) is 2.89. The Kier molecular flexibility index (Phi) is 4.85. The van der Waals surface area contributed by atoms with Crippen molar-refractivity contribution in [1.82, 2.24) is 19.4 Å². The average molecular weight is 323 g/mol. The smallest absolute Gasteiger partial charge is 0.138 e. The molecule has 0 saturated carbocycles. The first-order valence-electron chi connectivity index (χ1n) is 7.18. The van der Waals surface area contributed by atoms with Crippen LogP contribution in [0.3, 0.4) is 0 Å². The molecule has 112 valence electrons. The van der Waals surface area contributed by atoms with Gasteiger partial charge in [-0.1, -0.05) is 40.4 Å². The zero-order valence-electron chi connectivity index (χ0n) is 12.1. The third kappa shape index (κ3) is 3.80. The Labute approximate surface area is 134 Å². The van der Waals surface area contributed by atoms with Gasteiger partial charge in [0.05, 0.1) is 0 Å². The van der Waals surface area contributed by atoms with E-state index < -0.39 is 0 Å². The molecule has 21 heavy (non-hydrogen) atoms. The Hall–Kier alpha value is -1.01. The topological polar surface area (TPSA) is 32.3 Å². The predicted molar refractivity (Wildman–Crippen MR) is 86.7 cm³/mol. The second kappa shape index (κ2) is 6.83. The van der Waals surface area contributed by atoms with Crippen LogP contribution in [0.2, 0.25) is 4.34 Å². The maximum atomic E-state index is 6.07. The number of aryl methyl sites for hydroxylation is 1. The van der Waals surface area contributed by atoms with E-state index in [0.717, 1.165) is 49.3 Å². The van der Waals surface area contributed by atoms with Crippen molar-refractivity contribution in [3.8, 4) is 0 Å². The van der Waals surface area contributed by atoms with E-state index in [1.54, 1.807) is 0 Å². The van der Waals surface area contributed by atoms with Crippen LogP contribution in [0.4, 0.5) is 0 Å². The van der Waals surface area contributed by atoms with Crippen molar-refractivity contribution >= 4 is 23.1 Å². The van der Waals surface area contributed by atoms with Gasteiger partial charge in [0.25, 0.3) is 0 Å². The molecule has 0 unspecified atom stereocenters. The van der Waals surface area contributed by atoms with Gasteiger partial charge >= 0.3 is 0 Å². The molecule has 3 rings (SSSR count). The fourth-order valence-corrected chi connectivity index (χ4v) is 3.25. The lowest BCUT2D eigenvalue weighted by atomic mass is 10.1. The molecule has 1 fully saturated rings. The Morgan fingerprint density at radius 2 is 1.76 bits per heavy atom. The molecule has 2 heterocycles. The Morgan fingerprint density at radius 3 is 2.38 bits per heavy atom. The zero-order chi connectivity index (χ0) is 14.7. The van der Waals surface area contributed by atoms with Gasteiger partial charge in [-0.15, -0.1) is 5.10 Å². The molecule has 0 N–H and O–H groups in total. The van der Waals surface area contributed by atoms with Crippen molar-refractivity contribution in [3.05, 3.63) is 45.4 Å². The molecule has 4 nitrogen and oxygen atoms in total. The molecule has 0 amide bonds. The van der Waals surface area contributed by atoms with Gasteiger partial charge in [-0.05, 0) is 18.1 Å². The summed E-state index contributed by atoms with van der Waals surface area (Å²) in [5.41, 5.74) is 3.71. The maximum absolute atomic E-state index is 6.07.